The normalized spacial score (nSPS) is 22.9. The van der Waals surface area contributed by atoms with E-state index in [1.807, 2.05) is 0 Å². The number of halogens is 3. The number of hydrogen-bond donors (Lipinski definition) is 0. The predicted molar refractivity (Wildman–Crippen MR) is 80.3 cm³/mol. The summed E-state index contributed by atoms with van der Waals surface area (Å²) in [6.45, 7) is 2.92. The summed E-state index contributed by atoms with van der Waals surface area (Å²) in [4.78, 5) is 4.34. The van der Waals surface area contributed by atoms with Crippen molar-refractivity contribution in [1.82, 2.24) is 9.55 Å². The van der Waals surface area contributed by atoms with Crippen molar-refractivity contribution < 1.29 is 8.78 Å². The molecular weight excluding hydrogens is 294 g/mol. The van der Waals surface area contributed by atoms with Crippen LogP contribution in [0.3, 0.4) is 0 Å². The van der Waals surface area contributed by atoms with Gasteiger partial charge in [0.2, 0.25) is 0 Å². The van der Waals surface area contributed by atoms with Gasteiger partial charge in [0, 0.05) is 6.54 Å². The van der Waals surface area contributed by atoms with E-state index >= 15 is 0 Å². The van der Waals surface area contributed by atoms with Gasteiger partial charge in [0.15, 0.2) is 11.6 Å². The zero-order chi connectivity index (χ0) is 15.0. The highest BCUT2D eigenvalue weighted by atomic mass is 35.5. The highest BCUT2D eigenvalue weighted by Gasteiger charge is 2.23. The standard InChI is InChI=1S/C16H19ClF2N2/c1-10-3-2-4-11(7-10)9-21-14(8-17)20-13-6-5-12(18)15(19)16(13)21/h5-6,10-11H,2-4,7-9H2,1H3. The topological polar surface area (TPSA) is 17.8 Å². The van der Waals surface area contributed by atoms with Crippen LogP contribution in [-0.4, -0.2) is 9.55 Å². The highest BCUT2D eigenvalue weighted by molar-refractivity contribution is 6.16. The van der Waals surface area contributed by atoms with Crippen molar-refractivity contribution in [2.75, 3.05) is 0 Å². The van der Waals surface area contributed by atoms with Gasteiger partial charge in [-0.2, -0.15) is 0 Å². The van der Waals surface area contributed by atoms with E-state index in [1.165, 1.54) is 18.9 Å². The van der Waals surface area contributed by atoms with E-state index in [0.29, 0.717) is 29.7 Å². The maximum Gasteiger partial charge on any atom is 0.184 e. The van der Waals surface area contributed by atoms with Crippen LogP contribution in [0.2, 0.25) is 0 Å². The Morgan fingerprint density at radius 3 is 2.86 bits per heavy atom. The van der Waals surface area contributed by atoms with Gasteiger partial charge in [-0.3, -0.25) is 0 Å². The first-order chi connectivity index (χ1) is 10.1. The molecule has 0 spiro atoms. The van der Waals surface area contributed by atoms with Crippen molar-refractivity contribution in [2.45, 2.75) is 45.0 Å². The second kappa shape index (κ2) is 5.91. The van der Waals surface area contributed by atoms with Gasteiger partial charge in [-0.25, -0.2) is 13.8 Å². The second-order valence-corrected chi connectivity index (χ2v) is 6.41. The Bertz CT molecular complexity index is 653. The summed E-state index contributed by atoms with van der Waals surface area (Å²) in [5.41, 5.74) is 0.734. The third-order valence-electron chi connectivity index (χ3n) is 4.48. The van der Waals surface area contributed by atoms with Crippen LogP contribution in [0.15, 0.2) is 12.1 Å². The van der Waals surface area contributed by atoms with Crippen LogP contribution in [0.5, 0.6) is 0 Å². The first-order valence-electron chi connectivity index (χ1n) is 7.49. The Morgan fingerprint density at radius 2 is 2.14 bits per heavy atom. The minimum atomic E-state index is -0.832. The van der Waals surface area contributed by atoms with E-state index < -0.39 is 11.6 Å². The molecule has 1 fully saturated rings. The monoisotopic (exact) mass is 312 g/mol. The number of hydrogen-bond acceptors (Lipinski definition) is 1. The second-order valence-electron chi connectivity index (χ2n) is 6.14. The summed E-state index contributed by atoms with van der Waals surface area (Å²) in [5.74, 6) is 0.352. The third kappa shape index (κ3) is 2.78. The maximum atomic E-state index is 14.2. The number of aromatic nitrogens is 2. The Morgan fingerprint density at radius 1 is 1.33 bits per heavy atom. The van der Waals surface area contributed by atoms with Crippen LogP contribution in [0.25, 0.3) is 11.0 Å². The molecular formula is C16H19ClF2N2. The van der Waals surface area contributed by atoms with Crippen LogP contribution in [0.1, 0.15) is 38.4 Å². The van der Waals surface area contributed by atoms with Gasteiger partial charge >= 0.3 is 0 Å². The third-order valence-corrected chi connectivity index (χ3v) is 4.72. The highest BCUT2D eigenvalue weighted by Crippen LogP contribution is 2.32. The average Bonchev–Trinajstić information content (AvgIpc) is 2.81. The molecule has 2 atom stereocenters. The van der Waals surface area contributed by atoms with Crippen molar-refractivity contribution >= 4 is 22.6 Å². The van der Waals surface area contributed by atoms with Gasteiger partial charge < -0.3 is 4.57 Å². The molecule has 0 radical (unpaired) electrons. The van der Waals surface area contributed by atoms with E-state index in [9.17, 15) is 8.78 Å². The molecule has 0 bridgehead atoms. The maximum absolute atomic E-state index is 14.2. The molecule has 0 amide bonds. The smallest absolute Gasteiger partial charge is 0.184 e. The van der Waals surface area contributed by atoms with Crippen molar-refractivity contribution in [1.29, 1.82) is 0 Å². The molecule has 5 heteroatoms. The van der Waals surface area contributed by atoms with Crippen molar-refractivity contribution in [3.05, 3.63) is 29.6 Å². The lowest BCUT2D eigenvalue weighted by Crippen LogP contribution is -2.19. The Kier molecular flexibility index (Phi) is 4.16. The fourth-order valence-electron chi connectivity index (χ4n) is 3.49. The van der Waals surface area contributed by atoms with E-state index in [4.69, 9.17) is 11.6 Å². The molecule has 1 saturated carbocycles. The molecule has 2 nitrogen and oxygen atoms in total. The van der Waals surface area contributed by atoms with Crippen LogP contribution < -0.4 is 0 Å². The van der Waals surface area contributed by atoms with Gasteiger partial charge in [-0.05, 0) is 36.8 Å². The number of nitrogens with zero attached hydrogens (tertiary/aromatic N) is 2. The Balaban J connectivity index is 2.01. The minimum Gasteiger partial charge on any atom is -0.324 e. The van der Waals surface area contributed by atoms with Gasteiger partial charge in [0.1, 0.15) is 11.3 Å². The Labute approximate surface area is 128 Å². The lowest BCUT2D eigenvalue weighted by Gasteiger charge is -2.27. The summed E-state index contributed by atoms with van der Waals surface area (Å²) in [6, 6.07) is 2.64. The predicted octanol–water partition coefficient (Wildman–Crippen LogP) is 4.88. The number of rotatable bonds is 3. The van der Waals surface area contributed by atoms with Crippen molar-refractivity contribution in [3.8, 4) is 0 Å². The molecule has 1 heterocycles. The van der Waals surface area contributed by atoms with Crippen molar-refractivity contribution in [3.63, 3.8) is 0 Å². The quantitative estimate of drug-likeness (QED) is 0.739. The van der Waals surface area contributed by atoms with Gasteiger partial charge in [0.25, 0.3) is 0 Å². The number of benzene rings is 1. The number of imidazole rings is 1. The molecule has 2 aromatic rings. The average molecular weight is 313 g/mol. The van der Waals surface area contributed by atoms with E-state index in [-0.39, 0.29) is 11.4 Å². The fourth-order valence-corrected chi connectivity index (χ4v) is 3.69. The lowest BCUT2D eigenvalue weighted by atomic mass is 9.82. The molecule has 1 aliphatic carbocycles. The van der Waals surface area contributed by atoms with E-state index in [2.05, 4.69) is 11.9 Å². The van der Waals surface area contributed by atoms with Crippen molar-refractivity contribution in [2.24, 2.45) is 11.8 Å². The summed E-state index contributed by atoms with van der Waals surface area (Å²) in [6.07, 6.45) is 4.71. The molecule has 0 N–H and O–H groups in total. The number of fused-ring (bicyclic) bond motifs is 1. The van der Waals surface area contributed by atoms with Crippen LogP contribution >= 0.6 is 11.6 Å². The molecule has 2 unspecified atom stereocenters. The SMILES string of the molecule is CC1CCCC(Cn2c(CCl)nc3ccc(F)c(F)c32)C1. The first kappa shape index (κ1) is 14.8. The molecule has 21 heavy (non-hydrogen) atoms. The van der Waals surface area contributed by atoms with Gasteiger partial charge in [-0.1, -0.05) is 19.8 Å². The van der Waals surface area contributed by atoms with Gasteiger partial charge in [-0.15, -0.1) is 11.6 Å². The molecule has 0 saturated heterocycles. The lowest BCUT2D eigenvalue weighted by molar-refractivity contribution is 0.257. The van der Waals surface area contributed by atoms with Crippen LogP contribution in [-0.2, 0) is 12.4 Å². The summed E-state index contributed by atoms with van der Waals surface area (Å²) in [5, 5.41) is 0. The van der Waals surface area contributed by atoms with E-state index in [1.54, 1.807) is 4.57 Å². The largest absolute Gasteiger partial charge is 0.324 e. The number of alkyl halides is 1. The summed E-state index contributed by atoms with van der Waals surface area (Å²) < 4.78 is 29.5. The van der Waals surface area contributed by atoms with Crippen LogP contribution in [0.4, 0.5) is 8.78 Å². The molecule has 3 rings (SSSR count). The summed E-state index contributed by atoms with van der Waals surface area (Å²) >= 11 is 5.94. The zero-order valence-electron chi connectivity index (χ0n) is 12.1. The van der Waals surface area contributed by atoms with Gasteiger partial charge in [0.05, 0.1) is 11.4 Å². The molecule has 0 aliphatic heterocycles. The molecule has 1 aromatic heterocycles. The van der Waals surface area contributed by atoms with Crippen LogP contribution in [0, 0.1) is 23.5 Å². The zero-order valence-corrected chi connectivity index (χ0v) is 12.8. The minimum absolute atomic E-state index is 0.206. The molecule has 114 valence electrons. The fraction of sp³-hybridized carbons (Fsp3) is 0.562. The first-order valence-corrected chi connectivity index (χ1v) is 8.02. The van der Waals surface area contributed by atoms with E-state index in [0.717, 1.165) is 18.9 Å². The molecule has 1 aliphatic rings. The summed E-state index contributed by atoms with van der Waals surface area (Å²) in [7, 11) is 0. The Hall–Kier alpha value is -1.16. The molecule has 1 aromatic carbocycles.